The van der Waals surface area contributed by atoms with Crippen molar-refractivity contribution in [2.45, 2.75) is 12.3 Å². The number of esters is 2. The smallest absolute Gasteiger partial charge is 0.337 e. The molecule has 1 rings (SSSR count). The average Bonchev–Trinajstić information content (AvgIpc) is 2.36. The first-order valence-electron chi connectivity index (χ1n) is 5.23. The molecule has 0 radical (unpaired) electrons. The van der Waals surface area contributed by atoms with E-state index in [0.717, 1.165) is 6.08 Å². The van der Waals surface area contributed by atoms with Crippen LogP contribution in [0.1, 0.15) is 17.9 Å². The third-order valence-corrected chi connectivity index (χ3v) is 2.27. The van der Waals surface area contributed by atoms with Gasteiger partial charge in [-0.1, -0.05) is 36.9 Å². The molecule has 0 heterocycles. The molecular weight excluding hydrogens is 220 g/mol. The van der Waals surface area contributed by atoms with Gasteiger partial charge in [-0.05, 0) is 12.0 Å². The fourth-order valence-corrected chi connectivity index (χ4v) is 1.45. The van der Waals surface area contributed by atoms with Crippen LogP contribution in [0.25, 0.3) is 0 Å². The summed E-state index contributed by atoms with van der Waals surface area (Å²) in [6.45, 7) is 3.06. The van der Waals surface area contributed by atoms with Crippen molar-refractivity contribution in [1.29, 1.82) is 0 Å². The van der Waals surface area contributed by atoms with Gasteiger partial charge in [0.05, 0.1) is 5.92 Å². The Morgan fingerprint density at radius 3 is 2.53 bits per heavy atom. The van der Waals surface area contributed by atoms with E-state index < -0.39 is 17.9 Å². The Morgan fingerprint density at radius 1 is 1.35 bits per heavy atom. The van der Waals surface area contributed by atoms with Crippen molar-refractivity contribution >= 4 is 11.9 Å². The van der Waals surface area contributed by atoms with Gasteiger partial charge in [0.15, 0.2) is 0 Å². The van der Waals surface area contributed by atoms with Crippen LogP contribution >= 0.6 is 0 Å². The monoisotopic (exact) mass is 234 g/mol. The molecule has 0 aliphatic rings. The highest BCUT2D eigenvalue weighted by molar-refractivity contribution is 5.94. The second-order valence-corrected chi connectivity index (χ2v) is 3.42. The molecule has 0 saturated carbocycles. The first-order valence-corrected chi connectivity index (χ1v) is 5.23. The highest BCUT2D eigenvalue weighted by Gasteiger charge is 2.23. The number of hydrogen-bond donors (Lipinski definition) is 1. The Balaban J connectivity index is 2.82. The predicted molar refractivity (Wildman–Crippen MR) is 62.2 cm³/mol. The highest BCUT2D eigenvalue weighted by atomic mass is 16.6. The molecule has 1 unspecified atom stereocenters. The second-order valence-electron chi connectivity index (χ2n) is 3.42. The van der Waals surface area contributed by atoms with Crippen LogP contribution in [0.2, 0.25) is 0 Å². The van der Waals surface area contributed by atoms with Crippen molar-refractivity contribution in [2.75, 3.05) is 6.61 Å². The van der Waals surface area contributed by atoms with Gasteiger partial charge in [0.25, 0.3) is 0 Å². The second kappa shape index (κ2) is 6.60. The van der Waals surface area contributed by atoms with Gasteiger partial charge in [-0.3, -0.25) is 4.79 Å². The quantitative estimate of drug-likeness (QED) is 0.475. The van der Waals surface area contributed by atoms with Crippen LogP contribution in [-0.4, -0.2) is 23.7 Å². The van der Waals surface area contributed by atoms with E-state index in [1.165, 1.54) is 0 Å². The molecule has 90 valence electrons. The number of hydrogen-bond acceptors (Lipinski definition) is 4. The van der Waals surface area contributed by atoms with Gasteiger partial charge in [-0.15, -0.1) is 0 Å². The van der Waals surface area contributed by atoms with Crippen molar-refractivity contribution < 1.29 is 19.4 Å². The molecule has 0 fully saturated rings. The fraction of sp³-hybridized carbons (Fsp3) is 0.231. The minimum atomic E-state index is -0.783. The minimum Gasteiger partial charge on any atom is -0.396 e. The number of carbonyl (C=O) groups excluding carboxylic acids is 2. The molecule has 0 amide bonds. The molecule has 0 spiro atoms. The summed E-state index contributed by atoms with van der Waals surface area (Å²) in [7, 11) is 0. The van der Waals surface area contributed by atoms with E-state index in [4.69, 9.17) is 5.11 Å². The molecule has 17 heavy (non-hydrogen) atoms. The molecule has 0 aliphatic carbocycles. The fourth-order valence-electron chi connectivity index (χ4n) is 1.45. The van der Waals surface area contributed by atoms with Crippen molar-refractivity contribution in [1.82, 2.24) is 0 Å². The zero-order valence-electron chi connectivity index (χ0n) is 9.33. The third kappa shape index (κ3) is 3.85. The van der Waals surface area contributed by atoms with Gasteiger partial charge in [0.1, 0.15) is 0 Å². The molecule has 0 bridgehead atoms. The van der Waals surface area contributed by atoms with Crippen LogP contribution in [0.3, 0.4) is 0 Å². The van der Waals surface area contributed by atoms with E-state index in [1.807, 2.05) is 6.07 Å². The van der Waals surface area contributed by atoms with Crippen LogP contribution in [0.5, 0.6) is 0 Å². The maximum atomic E-state index is 11.7. The van der Waals surface area contributed by atoms with Crippen LogP contribution in [-0.2, 0) is 14.3 Å². The molecule has 0 saturated heterocycles. The molecule has 1 atom stereocenters. The van der Waals surface area contributed by atoms with Gasteiger partial charge >= 0.3 is 11.9 Å². The van der Waals surface area contributed by atoms with Crippen molar-refractivity contribution in [3.8, 4) is 0 Å². The number of rotatable bonds is 5. The topological polar surface area (TPSA) is 63.6 Å². The SMILES string of the molecule is C=CC(=O)OC(=O)C(CCO)c1ccccc1. The van der Waals surface area contributed by atoms with Crippen LogP contribution in [0.4, 0.5) is 0 Å². The lowest BCUT2D eigenvalue weighted by Crippen LogP contribution is -2.19. The number of aliphatic hydroxyl groups is 1. The van der Waals surface area contributed by atoms with Gasteiger partial charge in [-0.25, -0.2) is 4.79 Å². The number of carbonyl (C=O) groups is 2. The molecule has 0 aliphatic heterocycles. The summed E-state index contributed by atoms with van der Waals surface area (Å²) in [5, 5.41) is 8.93. The molecular formula is C13H14O4. The Kier molecular flexibility index (Phi) is 5.10. The van der Waals surface area contributed by atoms with E-state index in [-0.39, 0.29) is 13.0 Å². The summed E-state index contributed by atoms with van der Waals surface area (Å²) in [6, 6.07) is 8.88. The van der Waals surface area contributed by atoms with E-state index in [0.29, 0.717) is 5.56 Å². The summed E-state index contributed by atoms with van der Waals surface area (Å²) in [6.07, 6.45) is 1.15. The first-order chi connectivity index (χ1) is 8.19. The van der Waals surface area contributed by atoms with Gasteiger partial charge in [0.2, 0.25) is 0 Å². The van der Waals surface area contributed by atoms with E-state index in [2.05, 4.69) is 11.3 Å². The van der Waals surface area contributed by atoms with Gasteiger partial charge in [0, 0.05) is 12.7 Å². The maximum absolute atomic E-state index is 11.7. The summed E-state index contributed by atoms with van der Waals surface area (Å²) < 4.78 is 4.56. The Morgan fingerprint density at radius 2 is 2.00 bits per heavy atom. The summed E-state index contributed by atoms with van der Waals surface area (Å²) in [5.74, 6) is -2.09. The zero-order valence-corrected chi connectivity index (χ0v) is 9.33. The van der Waals surface area contributed by atoms with Gasteiger partial charge in [-0.2, -0.15) is 0 Å². The standard InChI is InChI=1S/C13H14O4/c1-2-12(15)17-13(16)11(8-9-14)10-6-4-3-5-7-10/h2-7,11,14H,1,8-9H2. The lowest BCUT2D eigenvalue weighted by molar-refractivity contribution is -0.157. The summed E-state index contributed by atoms with van der Waals surface area (Å²) >= 11 is 0. The largest absolute Gasteiger partial charge is 0.396 e. The lowest BCUT2D eigenvalue weighted by atomic mass is 9.96. The normalized spacial score (nSPS) is 11.6. The molecule has 1 aromatic rings. The molecule has 4 heteroatoms. The Bertz CT molecular complexity index is 397. The zero-order chi connectivity index (χ0) is 12.7. The van der Waals surface area contributed by atoms with E-state index in [9.17, 15) is 9.59 Å². The van der Waals surface area contributed by atoms with Gasteiger partial charge < -0.3 is 9.84 Å². The first kappa shape index (κ1) is 13.1. The number of benzene rings is 1. The van der Waals surface area contributed by atoms with Crippen LogP contribution in [0.15, 0.2) is 43.0 Å². The van der Waals surface area contributed by atoms with Crippen LogP contribution < -0.4 is 0 Å². The number of ether oxygens (including phenoxy) is 1. The van der Waals surface area contributed by atoms with Crippen molar-refractivity contribution in [3.05, 3.63) is 48.6 Å². The Hall–Kier alpha value is -1.94. The van der Waals surface area contributed by atoms with E-state index in [1.54, 1.807) is 24.3 Å². The van der Waals surface area contributed by atoms with Crippen molar-refractivity contribution in [3.63, 3.8) is 0 Å². The summed E-state index contributed by atoms with van der Waals surface area (Å²) in [5.41, 5.74) is 0.711. The predicted octanol–water partition coefficient (Wildman–Crippen LogP) is 1.41. The molecule has 4 nitrogen and oxygen atoms in total. The van der Waals surface area contributed by atoms with Crippen LogP contribution in [0, 0.1) is 0 Å². The minimum absolute atomic E-state index is 0.156. The third-order valence-electron chi connectivity index (χ3n) is 2.27. The van der Waals surface area contributed by atoms with Crippen molar-refractivity contribution in [2.24, 2.45) is 0 Å². The Labute approximate surface area is 99.5 Å². The summed E-state index contributed by atoms with van der Waals surface area (Å²) in [4.78, 5) is 22.6. The molecule has 0 aromatic heterocycles. The number of aliphatic hydroxyl groups excluding tert-OH is 1. The molecule has 1 N–H and O–H groups in total. The highest BCUT2D eigenvalue weighted by Crippen LogP contribution is 2.20. The lowest BCUT2D eigenvalue weighted by Gasteiger charge is -2.13. The molecule has 1 aromatic carbocycles. The average molecular weight is 234 g/mol. The maximum Gasteiger partial charge on any atom is 0.337 e. The van der Waals surface area contributed by atoms with E-state index >= 15 is 0 Å².